The number of carbonyl (C=O) groups excluding carboxylic acids is 1. The van der Waals surface area contributed by atoms with Crippen molar-refractivity contribution in [2.45, 2.75) is 6.54 Å². The zero-order valence-electron chi connectivity index (χ0n) is 13.3. The third kappa shape index (κ3) is 3.83. The Morgan fingerprint density at radius 1 is 1.00 bits per heavy atom. The molecule has 4 rings (SSSR count). The molecule has 2 aromatic carbocycles. The number of ketones is 1. The molecule has 0 spiro atoms. The number of benzene rings is 2. The van der Waals surface area contributed by atoms with Gasteiger partial charge in [-0.1, -0.05) is 36.4 Å². The molecule has 0 atom stereocenters. The van der Waals surface area contributed by atoms with Crippen molar-refractivity contribution in [1.29, 1.82) is 0 Å². The first-order chi connectivity index (χ1) is 11.8. The largest absolute Gasteiger partial charge is 0.289 e. The third-order valence-electron chi connectivity index (χ3n) is 3.94. The van der Waals surface area contributed by atoms with E-state index in [1.165, 1.54) is 22.1 Å². The summed E-state index contributed by atoms with van der Waals surface area (Å²) in [6.07, 6.45) is 3.62. The van der Waals surface area contributed by atoms with Crippen LogP contribution in [-0.2, 0) is 6.54 Å². The van der Waals surface area contributed by atoms with Crippen LogP contribution in [-0.4, -0.2) is 10.8 Å². The van der Waals surface area contributed by atoms with Gasteiger partial charge in [0.15, 0.2) is 12.2 Å². The Bertz CT molecular complexity index is 998. The molecule has 0 aliphatic carbocycles. The zero-order valence-corrected chi connectivity index (χ0v) is 15.9. The van der Waals surface area contributed by atoms with Crippen LogP contribution >= 0.6 is 28.3 Å². The number of halogens is 1. The van der Waals surface area contributed by atoms with E-state index in [4.69, 9.17) is 0 Å². The van der Waals surface area contributed by atoms with Crippen molar-refractivity contribution in [3.05, 3.63) is 83.4 Å². The molecule has 0 bridgehead atoms. The van der Waals surface area contributed by atoms with Crippen LogP contribution in [0.5, 0.6) is 0 Å². The van der Waals surface area contributed by atoms with Gasteiger partial charge in [-0.05, 0) is 39.3 Å². The van der Waals surface area contributed by atoms with Crippen molar-refractivity contribution in [3.63, 3.8) is 0 Å². The molecule has 0 saturated carbocycles. The number of aromatic nitrogens is 2. The van der Waals surface area contributed by atoms with Crippen molar-refractivity contribution in [1.82, 2.24) is 4.98 Å². The Morgan fingerprint density at radius 2 is 1.84 bits per heavy atom. The molecule has 5 heteroatoms. The van der Waals surface area contributed by atoms with E-state index in [2.05, 4.69) is 35.3 Å². The number of hydrogen-bond acceptors (Lipinski definition) is 3. The second-order valence-electron chi connectivity index (χ2n) is 5.58. The predicted octanol–water partition coefficient (Wildman–Crippen LogP) is 4.71. The second kappa shape index (κ2) is 7.68. The second-order valence-corrected chi connectivity index (χ2v) is 6.53. The van der Waals surface area contributed by atoms with E-state index in [9.17, 15) is 4.79 Å². The van der Waals surface area contributed by atoms with Crippen molar-refractivity contribution in [3.8, 4) is 11.3 Å². The first kappa shape index (κ1) is 17.5. The molecular weight excluding hydrogens is 396 g/mol. The third-order valence-corrected chi connectivity index (χ3v) is 4.85. The number of rotatable bonds is 4. The summed E-state index contributed by atoms with van der Waals surface area (Å²) in [6.45, 7) is 0.311. The fraction of sp³-hybridized carbons (Fsp3) is 0.0500. The summed E-state index contributed by atoms with van der Waals surface area (Å²) in [5, 5.41) is 4.33. The summed E-state index contributed by atoms with van der Waals surface area (Å²) in [5.41, 5.74) is 1.98. The molecule has 0 aliphatic rings. The van der Waals surface area contributed by atoms with Crippen LogP contribution in [0.15, 0.2) is 78.6 Å². The molecule has 2 aromatic heterocycles. The van der Waals surface area contributed by atoms with Gasteiger partial charge in [-0.15, -0.1) is 28.3 Å². The first-order valence-electron chi connectivity index (χ1n) is 7.70. The molecule has 25 heavy (non-hydrogen) atoms. The number of nitrogens with zero attached hydrogens (tertiary/aromatic N) is 2. The Hall–Kier alpha value is -2.37. The van der Waals surface area contributed by atoms with Gasteiger partial charge >= 0.3 is 0 Å². The molecule has 124 valence electrons. The van der Waals surface area contributed by atoms with Gasteiger partial charge < -0.3 is 0 Å². The quantitative estimate of drug-likeness (QED) is 0.359. The Balaban J connectivity index is 0.00000182. The van der Waals surface area contributed by atoms with E-state index < -0.39 is 0 Å². The fourth-order valence-corrected chi connectivity index (χ4v) is 3.33. The summed E-state index contributed by atoms with van der Waals surface area (Å²) in [4.78, 5) is 17.4. The van der Waals surface area contributed by atoms with E-state index in [1.807, 2.05) is 46.5 Å². The summed E-state index contributed by atoms with van der Waals surface area (Å²) in [5.74, 6) is 0.107. The van der Waals surface area contributed by atoms with Gasteiger partial charge in [-0.3, -0.25) is 4.79 Å². The van der Waals surface area contributed by atoms with Crippen LogP contribution in [0.1, 0.15) is 9.67 Å². The van der Waals surface area contributed by atoms with Gasteiger partial charge in [0.2, 0.25) is 5.78 Å². The smallest absolute Gasteiger partial charge is 0.287 e. The lowest BCUT2D eigenvalue weighted by atomic mass is 10.1. The van der Waals surface area contributed by atoms with Crippen LogP contribution in [0, 0.1) is 0 Å². The maximum Gasteiger partial charge on any atom is 0.287 e. The summed E-state index contributed by atoms with van der Waals surface area (Å²) in [7, 11) is 0. The molecular formula is C20H16BrN2OS+. The fourth-order valence-electron chi connectivity index (χ4n) is 2.68. The molecule has 0 aliphatic heterocycles. The van der Waals surface area contributed by atoms with Gasteiger partial charge in [0.05, 0.1) is 11.1 Å². The lowest BCUT2D eigenvalue weighted by Gasteiger charge is -2.01. The Kier molecular flexibility index (Phi) is 5.36. The maximum atomic E-state index is 12.1. The molecule has 0 radical (unpaired) electrons. The SMILES string of the molecule is Br.O=C(C[n+]1ccc(-c2ccc3ccccc3c2)nc1)c1cccs1. The van der Waals surface area contributed by atoms with Crippen LogP contribution in [0.3, 0.4) is 0 Å². The minimum absolute atomic E-state index is 0. The lowest BCUT2D eigenvalue weighted by molar-refractivity contribution is -0.686. The van der Waals surface area contributed by atoms with Gasteiger partial charge in [0.25, 0.3) is 6.33 Å². The Labute approximate surface area is 160 Å². The zero-order chi connectivity index (χ0) is 16.4. The number of carbonyl (C=O) groups is 1. The molecule has 3 nitrogen and oxygen atoms in total. The maximum absolute atomic E-state index is 12.1. The molecule has 2 heterocycles. The van der Waals surface area contributed by atoms with Crippen molar-refractivity contribution >= 4 is 44.9 Å². The summed E-state index contributed by atoms with van der Waals surface area (Å²) in [6, 6.07) is 20.3. The first-order valence-corrected chi connectivity index (χ1v) is 8.58. The van der Waals surface area contributed by atoms with Crippen LogP contribution < -0.4 is 4.57 Å². The van der Waals surface area contributed by atoms with Crippen LogP contribution in [0.25, 0.3) is 22.0 Å². The van der Waals surface area contributed by atoms with E-state index in [-0.39, 0.29) is 22.8 Å². The van der Waals surface area contributed by atoms with Gasteiger partial charge in [-0.2, -0.15) is 0 Å². The predicted molar refractivity (Wildman–Crippen MR) is 106 cm³/mol. The van der Waals surface area contributed by atoms with E-state index >= 15 is 0 Å². The minimum atomic E-state index is 0. The molecule has 4 aromatic rings. The monoisotopic (exact) mass is 411 g/mol. The number of Topliss-reactive ketones (excluding diaryl/α,β-unsaturated/α-hetero) is 1. The van der Waals surface area contributed by atoms with E-state index in [0.717, 1.165) is 16.1 Å². The standard InChI is InChI=1S/C20H15N2OS.BrH/c23-19(20-6-3-11-24-20)13-22-10-9-18(21-14-22)17-8-7-15-4-1-2-5-16(15)12-17;/h1-12,14H,13H2;1H/q+1;. The van der Waals surface area contributed by atoms with Crippen molar-refractivity contribution in [2.24, 2.45) is 0 Å². The lowest BCUT2D eigenvalue weighted by Crippen LogP contribution is -2.37. The highest BCUT2D eigenvalue weighted by Crippen LogP contribution is 2.22. The average molecular weight is 412 g/mol. The van der Waals surface area contributed by atoms with E-state index in [0.29, 0.717) is 6.54 Å². The van der Waals surface area contributed by atoms with Crippen LogP contribution in [0.2, 0.25) is 0 Å². The number of thiophene rings is 1. The highest BCUT2D eigenvalue weighted by atomic mass is 79.9. The molecule has 0 unspecified atom stereocenters. The minimum Gasteiger partial charge on any atom is -0.289 e. The number of fused-ring (bicyclic) bond motifs is 1. The van der Waals surface area contributed by atoms with Gasteiger partial charge in [0, 0.05) is 11.6 Å². The number of hydrogen-bond donors (Lipinski definition) is 0. The molecule has 0 fully saturated rings. The normalized spacial score (nSPS) is 10.4. The van der Waals surface area contributed by atoms with Gasteiger partial charge in [0.1, 0.15) is 0 Å². The summed E-state index contributed by atoms with van der Waals surface area (Å²) < 4.78 is 1.81. The highest BCUT2D eigenvalue weighted by Gasteiger charge is 2.12. The topological polar surface area (TPSA) is 33.8 Å². The molecule has 0 amide bonds. The van der Waals surface area contributed by atoms with E-state index in [1.54, 1.807) is 6.33 Å². The van der Waals surface area contributed by atoms with Crippen molar-refractivity contribution in [2.75, 3.05) is 0 Å². The van der Waals surface area contributed by atoms with Crippen LogP contribution in [0.4, 0.5) is 0 Å². The molecule has 0 saturated heterocycles. The molecule has 0 N–H and O–H groups in total. The van der Waals surface area contributed by atoms with Crippen molar-refractivity contribution < 1.29 is 9.36 Å². The Morgan fingerprint density at radius 3 is 2.56 bits per heavy atom. The summed E-state index contributed by atoms with van der Waals surface area (Å²) >= 11 is 1.47. The highest BCUT2D eigenvalue weighted by molar-refractivity contribution is 8.93. The average Bonchev–Trinajstić information content (AvgIpc) is 3.17. The van der Waals surface area contributed by atoms with Gasteiger partial charge in [-0.25, -0.2) is 4.57 Å².